The van der Waals surface area contributed by atoms with E-state index < -0.39 is 0 Å². The topological polar surface area (TPSA) is 41.1 Å². The van der Waals surface area contributed by atoms with Gasteiger partial charge >= 0.3 is 0 Å². The highest BCUT2D eigenvalue weighted by molar-refractivity contribution is 5.92. The van der Waals surface area contributed by atoms with Gasteiger partial charge in [-0.3, -0.25) is 4.79 Å². The summed E-state index contributed by atoms with van der Waals surface area (Å²) in [6.07, 6.45) is 3.57. The second kappa shape index (κ2) is 6.01. The van der Waals surface area contributed by atoms with Crippen LogP contribution in [0.5, 0.6) is 0 Å². The molecule has 0 saturated heterocycles. The van der Waals surface area contributed by atoms with Gasteiger partial charge in [0, 0.05) is 18.2 Å². The number of rotatable bonds is 5. The van der Waals surface area contributed by atoms with Crippen molar-refractivity contribution in [1.82, 2.24) is 5.32 Å². The van der Waals surface area contributed by atoms with Gasteiger partial charge in [-0.2, -0.15) is 0 Å². The molecule has 0 fully saturated rings. The van der Waals surface area contributed by atoms with Crippen molar-refractivity contribution in [1.29, 1.82) is 0 Å². The van der Waals surface area contributed by atoms with Crippen LogP contribution in [-0.2, 0) is 17.6 Å². The van der Waals surface area contributed by atoms with Gasteiger partial charge in [0.25, 0.3) is 0 Å². The van der Waals surface area contributed by atoms with Gasteiger partial charge in [-0.25, -0.2) is 0 Å². The summed E-state index contributed by atoms with van der Waals surface area (Å²) in [6, 6.07) is 6.29. The van der Waals surface area contributed by atoms with E-state index in [1.165, 1.54) is 24.0 Å². The number of amides is 1. The van der Waals surface area contributed by atoms with Crippen molar-refractivity contribution in [2.75, 3.05) is 18.4 Å². The average Bonchev–Trinajstić information content (AvgIpc) is 2.83. The standard InChI is InChI=1S/C15H22N2O/c1-3-16-10-11(2)15(18)17-14-8-7-12-5-4-6-13(12)9-14/h7-9,11,16H,3-6,10H2,1-2H3,(H,17,18). The van der Waals surface area contributed by atoms with E-state index in [9.17, 15) is 4.79 Å². The number of anilines is 1. The number of aryl methyl sites for hydroxylation is 2. The van der Waals surface area contributed by atoms with Gasteiger partial charge in [0.2, 0.25) is 5.91 Å². The van der Waals surface area contributed by atoms with Crippen LogP contribution in [0.2, 0.25) is 0 Å². The summed E-state index contributed by atoms with van der Waals surface area (Å²) in [5.41, 5.74) is 3.77. The lowest BCUT2D eigenvalue weighted by atomic mass is 10.1. The molecule has 98 valence electrons. The Balaban J connectivity index is 1.94. The van der Waals surface area contributed by atoms with Crippen LogP contribution in [0.3, 0.4) is 0 Å². The highest BCUT2D eigenvalue weighted by Crippen LogP contribution is 2.25. The van der Waals surface area contributed by atoms with Crippen molar-refractivity contribution >= 4 is 11.6 Å². The van der Waals surface area contributed by atoms with E-state index in [0.717, 1.165) is 25.2 Å². The van der Waals surface area contributed by atoms with Crippen LogP contribution in [0.25, 0.3) is 0 Å². The zero-order valence-electron chi connectivity index (χ0n) is 11.3. The van der Waals surface area contributed by atoms with Gasteiger partial charge in [0.15, 0.2) is 0 Å². The molecule has 0 aromatic heterocycles. The molecular formula is C15H22N2O. The minimum absolute atomic E-state index is 0.00166. The molecule has 3 nitrogen and oxygen atoms in total. The SMILES string of the molecule is CCNCC(C)C(=O)Nc1ccc2c(c1)CCC2. The maximum Gasteiger partial charge on any atom is 0.228 e. The van der Waals surface area contributed by atoms with Crippen molar-refractivity contribution in [3.63, 3.8) is 0 Å². The molecule has 2 N–H and O–H groups in total. The van der Waals surface area contributed by atoms with Gasteiger partial charge in [0.1, 0.15) is 0 Å². The quantitative estimate of drug-likeness (QED) is 0.837. The molecule has 1 amide bonds. The Morgan fingerprint density at radius 1 is 1.33 bits per heavy atom. The smallest absolute Gasteiger partial charge is 0.228 e. The molecular weight excluding hydrogens is 224 g/mol. The van der Waals surface area contributed by atoms with Gasteiger partial charge in [-0.05, 0) is 49.1 Å². The third-order valence-corrected chi connectivity index (χ3v) is 3.51. The average molecular weight is 246 g/mol. The summed E-state index contributed by atoms with van der Waals surface area (Å²) < 4.78 is 0. The van der Waals surface area contributed by atoms with E-state index in [1.54, 1.807) is 0 Å². The van der Waals surface area contributed by atoms with E-state index in [2.05, 4.69) is 22.8 Å². The summed E-state index contributed by atoms with van der Waals surface area (Å²) in [5.74, 6) is 0.0899. The van der Waals surface area contributed by atoms with Crippen LogP contribution < -0.4 is 10.6 Å². The van der Waals surface area contributed by atoms with Crippen LogP contribution >= 0.6 is 0 Å². The second-order valence-electron chi connectivity index (χ2n) is 5.04. The molecule has 1 aliphatic carbocycles. The molecule has 1 atom stereocenters. The Hall–Kier alpha value is -1.35. The summed E-state index contributed by atoms with van der Waals surface area (Å²) in [5, 5.41) is 6.20. The first-order valence-corrected chi connectivity index (χ1v) is 6.84. The number of hydrogen-bond acceptors (Lipinski definition) is 2. The molecule has 0 aliphatic heterocycles. The fourth-order valence-corrected chi connectivity index (χ4v) is 2.37. The van der Waals surface area contributed by atoms with E-state index in [0.29, 0.717) is 0 Å². The molecule has 1 aromatic carbocycles. The van der Waals surface area contributed by atoms with E-state index in [4.69, 9.17) is 0 Å². The molecule has 18 heavy (non-hydrogen) atoms. The minimum atomic E-state index is -0.00166. The Morgan fingerprint density at radius 3 is 2.89 bits per heavy atom. The molecule has 0 bridgehead atoms. The van der Waals surface area contributed by atoms with Gasteiger partial charge in [-0.1, -0.05) is 19.9 Å². The van der Waals surface area contributed by atoms with Gasteiger partial charge in [0.05, 0.1) is 0 Å². The third kappa shape index (κ3) is 3.10. The molecule has 0 spiro atoms. The van der Waals surface area contributed by atoms with Crippen LogP contribution in [0.15, 0.2) is 18.2 Å². The first kappa shape index (κ1) is 13.1. The molecule has 2 rings (SSSR count). The maximum atomic E-state index is 12.0. The van der Waals surface area contributed by atoms with Crippen molar-refractivity contribution in [3.05, 3.63) is 29.3 Å². The molecule has 0 saturated carbocycles. The fourth-order valence-electron chi connectivity index (χ4n) is 2.37. The van der Waals surface area contributed by atoms with Gasteiger partial charge < -0.3 is 10.6 Å². The summed E-state index contributed by atoms with van der Waals surface area (Å²) in [4.78, 5) is 12.0. The van der Waals surface area contributed by atoms with Crippen LogP contribution in [0.4, 0.5) is 5.69 Å². The van der Waals surface area contributed by atoms with Crippen molar-refractivity contribution < 1.29 is 4.79 Å². The first-order chi connectivity index (χ1) is 8.70. The zero-order chi connectivity index (χ0) is 13.0. The number of benzene rings is 1. The Morgan fingerprint density at radius 2 is 2.11 bits per heavy atom. The van der Waals surface area contributed by atoms with Crippen LogP contribution in [0.1, 0.15) is 31.4 Å². The number of carbonyl (C=O) groups excluding carboxylic acids is 1. The Labute approximate surface area is 109 Å². The number of carbonyl (C=O) groups is 1. The lowest BCUT2D eigenvalue weighted by Crippen LogP contribution is -2.30. The first-order valence-electron chi connectivity index (χ1n) is 6.84. The maximum absolute atomic E-state index is 12.0. The molecule has 1 unspecified atom stereocenters. The third-order valence-electron chi connectivity index (χ3n) is 3.51. The van der Waals surface area contributed by atoms with Crippen LogP contribution in [0, 0.1) is 5.92 Å². The number of hydrogen-bond donors (Lipinski definition) is 2. The van der Waals surface area contributed by atoms with Crippen LogP contribution in [-0.4, -0.2) is 19.0 Å². The molecule has 3 heteroatoms. The summed E-state index contributed by atoms with van der Waals surface area (Å²) >= 11 is 0. The van der Waals surface area contributed by atoms with Gasteiger partial charge in [-0.15, -0.1) is 0 Å². The van der Waals surface area contributed by atoms with Crippen molar-refractivity contribution in [2.24, 2.45) is 5.92 Å². The highest BCUT2D eigenvalue weighted by atomic mass is 16.1. The van der Waals surface area contributed by atoms with Crippen molar-refractivity contribution in [3.8, 4) is 0 Å². The second-order valence-corrected chi connectivity index (χ2v) is 5.04. The molecule has 1 aliphatic rings. The Kier molecular flexibility index (Phi) is 4.37. The molecule has 1 aromatic rings. The largest absolute Gasteiger partial charge is 0.326 e. The van der Waals surface area contributed by atoms with E-state index in [1.807, 2.05) is 19.9 Å². The number of fused-ring (bicyclic) bond motifs is 1. The normalized spacial score (nSPS) is 15.2. The summed E-state index contributed by atoms with van der Waals surface area (Å²) in [7, 11) is 0. The van der Waals surface area contributed by atoms with E-state index in [-0.39, 0.29) is 11.8 Å². The minimum Gasteiger partial charge on any atom is -0.326 e. The predicted molar refractivity (Wildman–Crippen MR) is 74.8 cm³/mol. The van der Waals surface area contributed by atoms with E-state index >= 15 is 0 Å². The Bertz CT molecular complexity index is 429. The summed E-state index contributed by atoms with van der Waals surface area (Å²) in [6.45, 7) is 5.63. The fraction of sp³-hybridized carbons (Fsp3) is 0.533. The lowest BCUT2D eigenvalue weighted by molar-refractivity contribution is -0.119. The van der Waals surface area contributed by atoms with Crippen molar-refractivity contribution in [2.45, 2.75) is 33.1 Å². The lowest BCUT2D eigenvalue weighted by Gasteiger charge is -2.13. The molecule has 0 radical (unpaired) electrons. The molecule has 0 heterocycles. The monoisotopic (exact) mass is 246 g/mol. The number of nitrogens with one attached hydrogen (secondary N) is 2. The zero-order valence-corrected chi connectivity index (χ0v) is 11.3. The highest BCUT2D eigenvalue weighted by Gasteiger charge is 2.14. The predicted octanol–water partition coefficient (Wildman–Crippen LogP) is 2.36.